The van der Waals surface area contributed by atoms with Crippen molar-refractivity contribution in [2.24, 2.45) is 0 Å². The van der Waals surface area contributed by atoms with Crippen LogP contribution in [0.2, 0.25) is 0 Å². The number of esters is 1. The predicted molar refractivity (Wildman–Crippen MR) is 86.7 cm³/mol. The number of benzene rings is 1. The predicted octanol–water partition coefficient (Wildman–Crippen LogP) is 1.77. The van der Waals surface area contributed by atoms with E-state index in [9.17, 15) is 9.90 Å². The van der Waals surface area contributed by atoms with Crippen LogP contribution in [0.15, 0.2) is 18.2 Å². The largest absolute Gasteiger partial charge is 0.507 e. The topological polar surface area (TPSA) is 53.0 Å². The summed E-state index contributed by atoms with van der Waals surface area (Å²) in [5.74, 6) is -0.535. The summed E-state index contributed by atoms with van der Waals surface area (Å²) in [5.41, 5.74) is 1.25. The summed E-state index contributed by atoms with van der Waals surface area (Å²) < 4.78 is 4.66. The molecule has 1 aliphatic rings. The Morgan fingerprint density at radius 2 is 1.86 bits per heavy atom. The van der Waals surface area contributed by atoms with E-state index >= 15 is 0 Å². The van der Waals surface area contributed by atoms with Crippen LogP contribution in [0.5, 0.6) is 5.75 Å². The molecular formula is C14H22Cl2N2O3. The molecule has 120 valence electrons. The molecule has 0 atom stereocenters. The van der Waals surface area contributed by atoms with Crippen LogP contribution >= 0.6 is 24.8 Å². The number of rotatable bonds is 3. The molecular weight excluding hydrogens is 315 g/mol. The van der Waals surface area contributed by atoms with Crippen molar-refractivity contribution in [2.75, 3.05) is 40.3 Å². The fourth-order valence-electron chi connectivity index (χ4n) is 2.22. The van der Waals surface area contributed by atoms with E-state index in [1.807, 2.05) is 6.07 Å². The van der Waals surface area contributed by atoms with Gasteiger partial charge in [0.25, 0.3) is 0 Å². The Bertz CT molecular complexity index is 464. The standard InChI is InChI=1S/C14H20N2O3.2ClH/c1-15-5-7-16(8-6-15)10-11-3-4-13(17)12(9-11)14(18)19-2;;/h3-4,9,17H,5-8,10H2,1-2H3;2*1H. The van der Waals surface area contributed by atoms with Crippen molar-refractivity contribution in [3.63, 3.8) is 0 Å². The fraction of sp³-hybridized carbons (Fsp3) is 0.500. The van der Waals surface area contributed by atoms with Crippen molar-refractivity contribution >= 4 is 30.8 Å². The first kappa shape index (κ1) is 20.0. The molecule has 1 N–H and O–H groups in total. The van der Waals surface area contributed by atoms with E-state index in [1.54, 1.807) is 12.1 Å². The quantitative estimate of drug-likeness (QED) is 0.852. The lowest BCUT2D eigenvalue weighted by molar-refractivity contribution is 0.0597. The van der Waals surface area contributed by atoms with Gasteiger partial charge in [0.2, 0.25) is 0 Å². The monoisotopic (exact) mass is 336 g/mol. The number of phenolic OH excluding ortho intramolecular Hbond substituents is 1. The van der Waals surface area contributed by atoms with E-state index in [-0.39, 0.29) is 36.1 Å². The van der Waals surface area contributed by atoms with E-state index in [0.29, 0.717) is 0 Å². The third kappa shape index (κ3) is 5.36. The number of carbonyl (C=O) groups is 1. The maximum absolute atomic E-state index is 11.5. The Hall–Kier alpha value is -1.01. The Morgan fingerprint density at radius 1 is 1.24 bits per heavy atom. The molecule has 2 rings (SSSR count). The summed E-state index contributed by atoms with van der Waals surface area (Å²) in [6.45, 7) is 4.94. The van der Waals surface area contributed by atoms with Crippen molar-refractivity contribution in [1.82, 2.24) is 9.80 Å². The van der Waals surface area contributed by atoms with Gasteiger partial charge in [0.15, 0.2) is 0 Å². The molecule has 7 heteroatoms. The van der Waals surface area contributed by atoms with Crippen molar-refractivity contribution in [3.8, 4) is 5.75 Å². The van der Waals surface area contributed by atoms with Gasteiger partial charge in [0, 0.05) is 32.7 Å². The van der Waals surface area contributed by atoms with Crippen LogP contribution in [-0.4, -0.2) is 61.2 Å². The number of carbonyl (C=O) groups excluding carboxylic acids is 1. The summed E-state index contributed by atoms with van der Waals surface area (Å²) in [5, 5.41) is 9.66. The van der Waals surface area contributed by atoms with Crippen molar-refractivity contribution in [2.45, 2.75) is 6.54 Å². The third-order valence-corrected chi connectivity index (χ3v) is 3.47. The molecule has 0 bridgehead atoms. The first-order valence-corrected chi connectivity index (χ1v) is 6.41. The molecule has 0 radical (unpaired) electrons. The molecule has 1 fully saturated rings. The SMILES string of the molecule is COC(=O)c1cc(CN2CCN(C)CC2)ccc1O.Cl.Cl. The second-order valence-corrected chi connectivity index (χ2v) is 4.92. The molecule has 21 heavy (non-hydrogen) atoms. The summed E-state index contributed by atoms with van der Waals surface area (Å²) in [6, 6.07) is 5.11. The van der Waals surface area contributed by atoms with Gasteiger partial charge in [-0.15, -0.1) is 24.8 Å². The molecule has 0 aromatic heterocycles. The second kappa shape index (κ2) is 9.10. The lowest BCUT2D eigenvalue weighted by Gasteiger charge is -2.32. The molecule has 0 saturated carbocycles. The van der Waals surface area contributed by atoms with Gasteiger partial charge in [-0.25, -0.2) is 4.79 Å². The van der Waals surface area contributed by atoms with Gasteiger partial charge in [-0.2, -0.15) is 0 Å². The van der Waals surface area contributed by atoms with Crippen LogP contribution in [0.1, 0.15) is 15.9 Å². The van der Waals surface area contributed by atoms with Crippen LogP contribution in [0, 0.1) is 0 Å². The van der Waals surface area contributed by atoms with Gasteiger partial charge >= 0.3 is 5.97 Å². The number of hydrogen-bond acceptors (Lipinski definition) is 5. The van der Waals surface area contributed by atoms with Gasteiger partial charge in [-0.1, -0.05) is 6.07 Å². The van der Waals surface area contributed by atoms with E-state index in [4.69, 9.17) is 0 Å². The second-order valence-electron chi connectivity index (χ2n) is 4.92. The molecule has 1 heterocycles. The molecule has 0 amide bonds. The number of aromatic hydroxyl groups is 1. The van der Waals surface area contributed by atoms with Crippen LogP contribution in [-0.2, 0) is 11.3 Å². The lowest BCUT2D eigenvalue weighted by atomic mass is 10.1. The molecule has 1 aromatic carbocycles. The fourth-order valence-corrected chi connectivity index (χ4v) is 2.22. The molecule has 0 aliphatic carbocycles. The first-order chi connectivity index (χ1) is 9.10. The molecule has 1 aromatic rings. The maximum Gasteiger partial charge on any atom is 0.341 e. The first-order valence-electron chi connectivity index (χ1n) is 6.41. The number of piperazine rings is 1. The Balaban J connectivity index is 0.00000200. The zero-order chi connectivity index (χ0) is 13.8. The number of phenols is 1. The molecule has 0 spiro atoms. The average molecular weight is 337 g/mol. The van der Waals surface area contributed by atoms with Crippen LogP contribution in [0.25, 0.3) is 0 Å². The normalized spacial score (nSPS) is 15.7. The molecule has 1 aliphatic heterocycles. The van der Waals surface area contributed by atoms with Crippen LogP contribution in [0.3, 0.4) is 0 Å². The van der Waals surface area contributed by atoms with Gasteiger partial charge in [-0.05, 0) is 24.7 Å². The minimum atomic E-state index is -0.502. The van der Waals surface area contributed by atoms with Crippen LogP contribution in [0.4, 0.5) is 0 Å². The molecule has 0 unspecified atom stereocenters. The number of nitrogens with zero attached hydrogens (tertiary/aromatic N) is 2. The number of ether oxygens (including phenoxy) is 1. The van der Waals surface area contributed by atoms with E-state index in [1.165, 1.54) is 7.11 Å². The molecule has 1 saturated heterocycles. The van der Waals surface area contributed by atoms with E-state index < -0.39 is 5.97 Å². The smallest absolute Gasteiger partial charge is 0.341 e. The van der Waals surface area contributed by atoms with Crippen molar-refractivity contribution in [1.29, 1.82) is 0 Å². The van der Waals surface area contributed by atoms with Gasteiger partial charge in [0.1, 0.15) is 11.3 Å². The Morgan fingerprint density at radius 3 is 2.43 bits per heavy atom. The van der Waals surface area contributed by atoms with E-state index in [0.717, 1.165) is 38.3 Å². The van der Waals surface area contributed by atoms with Crippen molar-refractivity contribution in [3.05, 3.63) is 29.3 Å². The highest BCUT2D eigenvalue weighted by atomic mass is 35.5. The minimum Gasteiger partial charge on any atom is -0.507 e. The zero-order valence-corrected chi connectivity index (χ0v) is 13.9. The zero-order valence-electron chi connectivity index (χ0n) is 12.2. The number of methoxy groups -OCH3 is 1. The summed E-state index contributed by atoms with van der Waals surface area (Å²) >= 11 is 0. The average Bonchev–Trinajstić information content (AvgIpc) is 2.42. The highest BCUT2D eigenvalue weighted by molar-refractivity contribution is 5.92. The summed E-state index contributed by atoms with van der Waals surface area (Å²) in [7, 11) is 3.43. The minimum absolute atomic E-state index is 0. The highest BCUT2D eigenvalue weighted by Gasteiger charge is 2.16. The Kier molecular flexibility index (Phi) is 8.66. The Labute approximate surface area is 137 Å². The van der Waals surface area contributed by atoms with Crippen molar-refractivity contribution < 1.29 is 14.6 Å². The summed E-state index contributed by atoms with van der Waals surface area (Å²) in [4.78, 5) is 16.2. The van der Waals surface area contributed by atoms with Crippen LogP contribution < -0.4 is 0 Å². The van der Waals surface area contributed by atoms with E-state index in [2.05, 4.69) is 21.6 Å². The number of hydrogen-bond donors (Lipinski definition) is 1. The number of likely N-dealkylation sites (N-methyl/N-ethyl adjacent to an activating group) is 1. The van der Waals surface area contributed by atoms with Gasteiger partial charge < -0.3 is 14.7 Å². The maximum atomic E-state index is 11.5. The lowest BCUT2D eigenvalue weighted by Crippen LogP contribution is -2.43. The van der Waals surface area contributed by atoms with Gasteiger partial charge in [-0.3, -0.25) is 4.90 Å². The summed E-state index contributed by atoms with van der Waals surface area (Å²) in [6.07, 6.45) is 0. The third-order valence-electron chi connectivity index (χ3n) is 3.47. The molecule has 5 nitrogen and oxygen atoms in total. The highest BCUT2D eigenvalue weighted by Crippen LogP contribution is 2.20. The van der Waals surface area contributed by atoms with Gasteiger partial charge in [0.05, 0.1) is 7.11 Å². The number of halogens is 2.